The second kappa shape index (κ2) is 5.87. The number of carbonyl (C=O) groups is 2. The Hall–Kier alpha value is -2.86. The second-order valence-corrected chi connectivity index (χ2v) is 4.91. The van der Waals surface area contributed by atoms with Gasteiger partial charge in [-0.15, -0.1) is 0 Å². The predicted octanol–water partition coefficient (Wildman–Crippen LogP) is 1.22. The Kier molecular flexibility index (Phi) is 3.76. The van der Waals surface area contributed by atoms with E-state index in [9.17, 15) is 9.59 Å². The van der Waals surface area contributed by atoms with E-state index in [2.05, 4.69) is 5.43 Å². The quantitative estimate of drug-likeness (QED) is 0.507. The smallest absolute Gasteiger partial charge is 0.265 e. The molecule has 0 unspecified atom stereocenters. The van der Waals surface area contributed by atoms with Crippen molar-refractivity contribution in [3.05, 3.63) is 59.7 Å². The molecule has 6 nitrogen and oxygen atoms in total. The van der Waals surface area contributed by atoms with Crippen molar-refractivity contribution in [2.24, 2.45) is 5.84 Å². The van der Waals surface area contributed by atoms with Crippen molar-refractivity contribution in [1.29, 1.82) is 0 Å². The molecule has 0 spiro atoms. The summed E-state index contributed by atoms with van der Waals surface area (Å²) < 4.78 is 5.41. The van der Waals surface area contributed by atoms with Gasteiger partial charge in [0.1, 0.15) is 5.75 Å². The first-order chi connectivity index (χ1) is 10.7. The average Bonchev–Trinajstić information content (AvgIpc) is 2.57. The number of rotatable bonds is 3. The van der Waals surface area contributed by atoms with E-state index < -0.39 is 0 Å². The predicted molar refractivity (Wildman–Crippen MR) is 81.2 cm³/mol. The first kappa shape index (κ1) is 14.1. The van der Waals surface area contributed by atoms with Crippen LogP contribution in [0.5, 0.6) is 5.75 Å². The van der Waals surface area contributed by atoms with Gasteiger partial charge in [-0.3, -0.25) is 15.0 Å². The zero-order chi connectivity index (χ0) is 15.5. The van der Waals surface area contributed by atoms with Gasteiger partial charge >= 0.3 is 0 Å². The number of hydrogen-bond donors (Lipinski definition) is 2. The molecule has 112 valence electrons. The maximum Gasteiger partial charge on any atom is 0.265 e. The van der Waals surface area contributed by atoms with Gasteiger partial charge in [0, 0.05) is 5.56 Å². The average molecular weight is 297 g/mol. The SMILES string of the molecule is NNC(=O)c1ccc(CN2C(=O)COc3ccccc32)cc1. The highest BCUT2D eigenvalue weighted by Crippen LogP contribution is 2.32. The minimum Gasteiger partial charge on any atom is -0.482 e. The van der Waals surface area contributed by atoms with Crippen LogP contribution in [0.3, 0.4) is 0 Å². The molecule has 0 bridgehead atoms. The largest absolute Gasteiger partial charge is 0.482 e. The lowest BCUT2D eigenvalue weighted by molar-refractivity contribution is -0.121. The van der Waals surface area contributed by atoms with E-state index in [1.165, 1.54) is 0 Å². The molecular weight excluding hydrogens is 282 g/mol. The third-order valence-corrected chi connectivity index (χ3v) is 3.50. The fourth-order valence-electron chi connectivity index (χ4n) is 2.35. The molecule has 0 fully saturated rings. The van der Waals surface area contributed by atoms with Gasteiger partial charge in [-0.2, -0.15) is 0 Å². The van der Waals surface area contributed by atoms with Crippen molar-refractivity contribution < 1.29 is 14.3 Å². The highest BCUT2D eigenvalue weighted by Gasteiger charge is 2.25. The fraction of sp³-hybridized carbons (Fsp3) is 0.125. The molecule has 0 saturated heterocycles. The number of nitrogens with two attached hydrogens (primary N) is 1. The number of hydrazine groups is 1. The van der Waals surface area contributed by atoms with Crippen molar-refractivity contribution in [2.75, 3.05) is 11.5 Å². The monoisotopic (exact) mass is 297 g/mol. The number of para-hydroxylation sites is 2. The van der Waals surface area contributed by atoms with Gasteiger partial charge in [-0.25, -0.2) is 5.84 Å². The number of benzene rings is 2. The van der Waals surface area contributed by atoms with Gasteiger partial charge in [-0.1, -0.05) is 24.3 Å². The molecule has 3 rings (SSSR count). The fourth-order valence-corrected chi connectivity index (χ4v) is 2.35. The number of nitrogens with one attached hydrogen (secondary N) is 1. The standard InChI is InChI=1S/C16H15N3O3/c17-18-16(21)12-7-5-11(6-8-12)9-19-13-3-1-2-4-14(13)22-10-15(19)20/h1-8H,9-10,17H2,(H,18,21). The van der Waals surface area contributed by atoms with E-state index in [4.69, 9.17) is 10.6 Å². The molecule has 1 heterocycles. The summed E-state index contributed by atoms with van der Waals surface area (Å²) in [7, 11) is 0. The highest BCUT2D eigenvalue weighted by atomic mass is 16.5. The van der Waals surface area contributed by atoms with Crippen LogP contribution >= 0.6 is 0 Å². The molecular formula is C16H15N3O3. The summed E-state index contributed by atoms with van der Waals surface area (Å²) in [6, 6.07) is 14.4. The first-order valence-electron chi connectivity index (χ1n) is 6.81. The van der Waals surface area contributed by atoms with Crippen molar-refractivity contribution in [1.82, 2.24) is 5.43 Å². The number of nitrogens with zero attached hydrogens (tertiary/aromatic N) is 1. The Balaban J connectivity index is 1.83. The molecule has 2 amide bonds. The maximum atomic E-state index is 12.1. The molecule has 0 aliphatic carbocycles. The molecule has 0 radical (unpaired) electrons. The Morgan fingerprint density at radius 2 is 1.91 bits per heavy atom. The lowest BCUT2D eigenvalue weighted by atomic mass is 10.1. The van der Waals surface area contributed by atoms with Crippen LogP contribution in [-0.4, -0.2) is 18.4 Å². The topological polar surface area (TPSA) is 84.7 Å². The summed E-state index contributed by atoms with van der Waals surface area (Å²) in [5.74, 6) is 5.35. The number of hydrogen-bond acceptors (Lipinski definition) is 4. The molecule has 0 aromatic heterocycles. The molecule has 22 heavy (non-hydrogen) atoms. The van der Waals surface area contributed by atoms with E-state index in [1.54, 1.807) is 29.2 Å². The molecule has 1 aliphatic rings. The van der Waals surface area contributed by atoms with E-state index in [-0.39, 0.29) is 18.4 Å². The zero-order valence-corrected chi connectivity index (χ0v) is 11.8. The minimum atomic E-state index is -0.348. The first-order valence-corrected chi connectivity index (χ1v) is 6.81. The second-order valence-electron chi connectivity index (χ2n) is 4.91. The normalized spacial score (nSPS) is 13.3. The van der Waals surface area contributed by atoms with Gasteiger partial charge in [-0.05, 0) is 29.8 Å². The summed E-state index contributed by atoms with van der Waals surface area (Å²) in [4.78, 5) is 25.2. The third kappa shape index (κ3) is 2.64. The molecule has 2 aromatic carbocycles. The molecule has 1 aliphatic heterocycles. The molecule has 6 heteroatoms. The number of nitrogen functional groups attached to an aromatic ring is 1. The Bertz CT molecular complexity index is 713. The molecule has 2 aromatic rings. The van der Waals surface area contributed by atoms with E-state index in [0.29, 0.717) is 17.9 Å². The summed E-state index contributed by atoms with van der Waals surface area (Å²) in [6.07, 6.45) is 0. The summed E-state index contributed by atoms with van der Waals surface area (Å²) in [6.45, 7) is 0.453. The minimum absolute atomic E-state index is 0.0324. The van der Waals surface area contributed by atoms with E-state index in [1.807, 2.05) is 24.3 Å². The van der Waals surface area contributed by atoms with Crippen LogP contribution in [0.1, 0.15) is 15.9 Å². The lowest BCUT2D eigenvalue weighted by Crippen LogP contribution is -2.38. The van der Waals surface area contributed by atoms with Crippen molar-refractivity contribution in [2.45, 2.75) is 6.54 Å². The number of anilines is 1. The molecule has 0 saturated carbocycles. The van der Waals surface area contributed by atoms with E-state index >= 15 is 0 Å². The summed E-state index contributed by atoms with van der Waals surface area (Å²) in [5.41, 5.74) is 4.22. The Morgan fingerprint density at radius 1 is 1.18 bits per heavy atom. The summed E-state index contributed by atoms with van der Waals surface area (Å²) >= 11 is 0. The number of fused-ring (bicyclic) bond motifs is 1. The van der Waals surface area contributed by atoms with Crippen LogP contribution in [0, 0.1) is 0 Å². The number of ether oxygens (including phenoxy) is 1. The number of amides is 2. The number of carbonyl (C=O) groups excluding carboxylic acids is 2. The maximum absolute atomic E-state index is 12.1. The van der Waals surface area contributed by atoms with Crippen LogP contribution in [-0.2, 0) is 11.3 Å². The van der Waals surface area contributed by atoms with Crippen LogP contribution in [0.4, 0.5) is 5.69 Å². The van der Waals surface area contributed by atoms with Crippen LogP contribution < -0.4 is 20.9 Å². The van der Waals surface area contributed by atoms with Crippen LogP contribution in [0.2, 0.25) is 0 Å². The van der Waals surface area contributed by atoms with Crippen molar-refractivity contribution in [3.8, 4) is 5.75 Å². The van der Waals surface area contributed by atoms with Crippen LogP contribution in [0.25, 0.3) is 0 Å². The van der Waals surface area contributed by atoms with Gasteiger partial charge in [0.05, 0.1) is 12.2 Å². The van der Waals surface area contributed by atoms with Gasteiger partial charge in [0.2, 0.25) is 0 Å². The van der Waals surface area contributed by atoms with Crippen molar-refractivity contribution in [3.63, 3.8) is 0 Å². The van der Waals surface area contributed by atoms with Gasteiger partial charge in [0.15, 0.2) is 6.61 Å². The van der Waals surface area contributed by atoms with Gasteiger partial charge < -0.3 is 9.64 Å². The Morgan fingerprint density at radius 3 is 2.64 bits per heavy atom. The molecule has 0 atom stereocenters. The summed E-state index contributed by atoms with van der Waals surface area (Å²) in [5, 5.41) is 0. The highest BCUT2D eigenvalue weighted by molar-refractivity contribution is 5.97. The molecule has 3 N–H and O–H groups in total. The van der Waals surface area contributed by atoms with Gasteiger partial charge in [0.25, 0.3) is 11.8 Å². The Labute approximate surface area is 127 Å². The van der Waals surface area contributed by atoms with Crippen LogP contribution in [0.15, 0.2) is 48.5 Å². The third-order valence-electron chi connectivity index (χ3n) is 3.50. The van der Waals surface area contributed by atoms with Crippen molar-refractivity contribution >= 4 is 17.5 Å². The zero-order valence-electron chi connectivity index (χ0n) is 11.8. The van der Waals surface area contributed by atoms with E-state index in [0.717, 1.165) is 11.3 Å². The lowest BCUT2D eigenvalue weighted by Gasteiger charge is -2.29.